The van der Waals surface area contributed by atoms with Crippen LogP contribution in [0.3, 0.4) is 0 Å². The number of likely N-dealkylation sites (tertiary alicyclic amines) is 1. The lowest BCUT2D eigenvalue weighted by atomic mass is 10.1. The number of rotatable bonds is 4. The van der Waals surface area contributed by atoms with Gasteiger partial charge in [-0.2, -0.15) is 0 Å². The van der Waals surface area contributed by atoms with Crippen molar-refractivity contribution in [2.75, 3.05) is 51.3 Å². The predicted molar refractivity (Wildman–Crippen MR) is 74.9 cm³/mol. The van der Waals surface area contributed by atoms with Gasteiger partial charge in [0.25, 0.3) is 0 Å². The summed E-state index contributed by atoms with van der Waals surface area (Å²) in [5.41, 5.74) is 0. The van der Waals surface area contributed by atoms with E-state index in [1.165, 1.54) is 45.3 Å². The highest BCUT2D eigenvalue weighted by Crippen LogP contribution is 2.18. The minimum absolute atomic E-state index is 0.763. The molecule has 0 aromatic heterocycles. The van der Waals surface area contributed by atoms with E-state index in [4.69, 9.17) is 4.74 Å². The highest BCUT2D eigenvalue weighted by molar-refractivity contribution is 9.09. The zero-order valence-corrected chi connectivity index (χ0v) is 12.3. The van der Waals surface area contributed by atoms with E-state index in [0.717, 1.165) is 37.7 Å². The van der Waals surface area contributed by atoms with E-state index >= 15 is 0 Å². The van der Waals surface area contributed by atoms with Gasteiger partial charge in [-0.15, -0.1) is 0 Å². The van der Waals surface area contributed by atoms with Crippen LogP contribution in [0.1, 0.15) is 25.7 Å². The van der Waals surface area contributed by atoms with Crippen molar-refractivity contribution in [3.63, 3.8) is 0 Å². The van der Waals surface area contributed by atoms with Crippen LogP contribution >= 0.6 is 15.9 Å². The molecule has 3 nitrogen and oxygen atoms in total. The molecule has 2 aliphatic heterocycles. The second kappa shape index (κ2) is 7.72. The molecule has 2 saturated heterocycles. The minimum atomic E-state index is 0.763. The van der Waals surface area contributed by atoms with Crippen molar-refractivity contribution >= 4 is 15.9 Å². The van der Waals surface area contributed by atoms with Crippen LogP contribution in [0.15, 0.2) is 0 Å². The maximum absolute atomic E-state index is 5.39. The van der Waals surface area contributed by atoms with Gasteiger partial charge >= 0.3 is 0 Å². The Morgan fingerprint density at radius 3 is 2.59 bits per heavy atom. The first-order valence-electron chi connectivity index (χ1n) is 7.00. The number of hydrogen-bond donors (Lipinski definition) is 0. The first-order valence-corrected chi connectivity index (χ1v) is 8.12. The molecular weight excluding hydrogens is 280 g/mol. The molecule has 1 unspecified atom stereocenters. The molecule has 0 aromatic rings. The lowest BCUT2D eigenvalue weighted by Crippen LogP contribution is -2.44. The van der Waals surface area contributed by atoms with E-state index in [-0.39, 0.29) is 0 Å². The number of halogens is 1. The van der Waals surface area contributed by atoms with Gasteiger partial charge < -0.3 is 4.74 Å². The minimum Gasteiger partial charge on any atom is -0.379 e. The van der Waals surface area contributed by atoms with E-state index in [0.29, 0.717) is 0 Å². The average Bonchev–Trinajstić information content (AvgIpc) is 2.62. The van der Waals surface area contributed by atoms with Crippen LogP contribution in [0.4, 0.5) is 0 Å². The number of morpholine rings is 1. The molecule has 4 heteroatoms. The molecule has 0 radical (unpaired) electrons. The fourth-order valence-electron chi connectivity index (χ4n) is 2.80. The monoisotopic (exact) mass is 304 g/mol. The van der Waals surface area contributed by atoms with Crippen LogP contribution in [0.2, 0.25) is 0 Å². The van der Waals surface area contributed by atoms with E-state index < -0.39 is 0 Å². The third kappa shape index (κ3) is 4.51. The molecule has 0 bridgehead atoms. The van der Waals surface area contributed by atoms with Crippen LogP contribution < -0.4 is 0 Å². The van der Waals surface area contributed by atoms with Gasteiger partial charge in [0.2, 0.25) is 0 Å². The van der Waals surface area contributed by atoms with Crippen molar-refractivity contribution in [2.45, 2.75) is 31.7 Å². The molecule has 100 valence electrons. The van der Waals surface area contributed by atoms with Gasteiger partial charge in [-0.1, -0.05) is 28.8 Å². The van der Waals surface area contributed by atoms with Crippen LogP contribution in [0.25, 0.3) is 0 Å². The largest absolute Gasteiger partial charge is 0.379 e. The zero-order chi connectivity index (χ0) is 11.9. The summed E-state index contributed by atoms with van der Waals surface area (Å²) in [7, 11) is 0. The lowest BCUT2D eigenvalue weighted by Gasteiger charge is -2.32. The SMILES string of the molecule is BrCC1CCCCCN1CCN1CCOCC1. The van der Waals surface area contributed by atoms with Crippen molar-refractivity contribution in [1.82, 2.24) is 9.80 Å². The number of alkyl halides is 1. The summed E-state index contributed by atoms with van der Waals surface area (Å²) in [6.45, 7) is 7.81. The van der Waals surface area contributed by atoms with E-state index in [9.17, 15) is 0 Å². The average molecular weight is 305 g/mol. The molecule has 2 rings (SSSR count). The van der Waals surface area contributed by atoms with E-state index in [1.54, 1.807) is 0 Å². The first kappa shape index (κ1) is 13.8. The summed E-state index contributed by atoms with van der Waals surface area (Å²) in [6, 6.07) is 0.763. The Labute approximate surface area is 114 Å². The van der Waals surface area contributed by atoms with Gasteiger partial charge in [0, 0.05) is 37.6 Å². The Morgan fingerprint density at radius 2 is 1.82 bits per heavy atom. The molecule has 0 aliphatic carbocycles. The van der Waals surface area contributed by atoms with Crippen LogP contribution in [-0.2, 0) is 4.74 Å². The molecule has 0 aromatic carbocycles. The molecule has 2 heterocycles. The fraction of sp³-hybridized carbons (Fsp3) is 1.00. The summed E-state index contributed by atoms with van der Waals surface area (Å²) < 4.78 is 5.39. The third-order valence-corrected chi connectivity index (χ3v) is 4.73. The first-order chi connectivity index (χ1) is 8.40. The van der Waals surface area contributed by atoms with Crippen molar-refractivity contribution < 1.29 is 4.74 Å². The topological polar surface area (TPSA) is 15.7 Å². The molecule has 0 spiro atoms. The Balaban J connectivity index is 1.74. The van der Waals surface area contributed by atoms with Gasteiger partial charge in [0.15, 0.2) is 0 Å². The maximum atomic E-state index is 5.39. The number of ether oxygens (including phenoxy) is 1. The zero-order valence-electron chi connectivity index (χ0n) is 10.7. The summed E-state index contributed by atoms with van der Waals surface area (Å²) in [4.78, 5) is 5.23. The molecular formula is C13H25BrN2O. The van der Waals surface area contributed by atoms with E-state index in [2.05, 4.69) is 25.7 Å². The second-order valence-electron chi connectivity index (χ2n) is 5.15. The third-order valence-electron chi connectivity index (χ3n) is 3.98. The Kier molecular flexibility index (Phi) is 6.26. The normalized spacial score (nSPS) is 29.1. The Bertz CT molecular complexity index is 210. The molecule has 0 amide bonds. The molecule has 1 atom stereocenters. The van der Waals surface area contributed by atoms with Crippen LogP contribution in [0, 0.1) is 0 Å². The predicted octanol–water partition coefficient (Wildman–Crippen LogP) is 1.96. The van der Waals surface area contributed by atoms with Gasteiger partial charge in [-0.3, -0.25) is 9.80 Å². The maximum Gasteiger partial charge on any atom is 0.0594 e. The van der Waals surface area contributed by atoms with Gasteiger partial charge in [-0.05, 0) is 19.4 Å². The van der Waals surface area contributed by atoms with Crippen molar-refractivity contribution in [2.24, 2.45) is 0 Å². The quantitative estimate of drug-likeness (QED) is 0.739. The fourth-order valence-corrected chi connectivity index (χ4v) is 3.53. The molecule has 2 fully saturated rings. The number of hydrogen-bond acceptors (Lipinski definition) is 3. The Morgan fingerprint density at radius 1 is 1.00 bits per heavy atom. The number of nitrogens with zero attached hydrogens (tertiary/aromatic N) is 2. The molecule has 0 saturated carbocycles. The van der Waals surface area contributed by atoms with Crippen molar-refractivity contribution in [3.05, 3.63) is 0 Å². The molecule has 2 aliphatic rings. The Hall–Kier alpha value is 0.360. The highest BCUT2D eigenvalue weighted by Gasteiger charge is 2.20. The van der Waals surface area contributed by atoms with Crippen LogP contribution in [-0.4, -0.2) is 67.1 Å². The van der Waals surface area contributed by atoms with Gasteiger partial charge in [0.1, 0.15) is 0 Å². The van der Waals surface area contributed by atoms with Crippen molar-refractivity contribution in [1.29, 1.82) is 0 Å². The van der Waals surface area contributed by atoms with Crippen molar-refractivity contribution in [3.8, 4) is 0 Å². The highest BCUT2D eigenvalue weighted by atomic mass is 79.9. The summed E-state index contributed by atoms with van der Waals surface area (Å²) in [5, 5.41) is 1.14. The van der Waals surface area contributed by atoms with Gasteiger partial charge in [-0.25, -0.2) is 0 Å². The summed E-state index contributed by atoms with van der Waals surface area (Å²) in [6.07, 6.45) is 5.57. The summed E-state index contributed by atoms with van der Waals surface area (Å²) >= 11 is 3.68. The molecule has 17 heavy (non-hydrogen) atoms. The summed E-state index contributed by atoms with van der Waals surface area (Å²) in [5.74, 6) is 0. The van der Waals surface area contributed by atoms with Gasteiger partial charge in [0.05, 0.1) is 13.2 Å². The smallest absolute Gasteiger partial charge is 0.0594 e. The van der Waals surface area contributed by atoms with E-state index in [1.807, 2.05) is 0 Å². The standard InChI is InChI=1S/C13H25BrN2O/c14-12-13-4-2-1-3-5-16(13)7-6-15-8-10-17-11-9-15/h13H,1-12H2. The molecule has 0 N–H and O–H groups in total. The van der Waals surface area contributed by atoms with Crippen LogP contribution in [0.5, 0.6) is 0 Å². The lowest BCUT2D eigenvalue weighted by molar-refractivity contribution is 0.0316. The second-order valence-corrected chi connectivity index (χ2v) is 5.79.